The Hall–Kier alpha value is -1.13. The second-order valence-corrected chi connectivity index (χ2v) is 5.82. The highest BCUT2D eigenvalue weighted by atomic mass is 79.9. The van der Waals surface area contributed by atoms with Crippen molar-refractivity contribution in [2.24, 2.45) is 0 Å². The molecule has 100 valence electrons. The van der Waals surface area contributed by atoms with Crippen LogP contribution in [0.2, 0.25) is 0 Å². The van der Waals surface area contributed by atoms with Crippen LogP contribution in [0.15, 0.2) is 51.8 Å². The first kappa shape index (κ1) is 14.3. The first-order chi connectivity index (χ1) is 9.22. The second-order valence-electron chi connectivity index (χ2n) is 3.92. The van der Waals surface area contributed by atoms with Gasteiger partial charge in [0.2, 0.25) is 0 Å². The van der Waals surface area contributed by atoms with Crippen LogP contribution in [0, 0.1) is 0 Å². The Balaban J connectivity index is 2.05. The van der Waals surface area contributed by atoms with Gasteiger partial charge in [-0.25, -0.2) is 0 Å². The Labute approximate surface area is 126 Å². The van der Waals surface area contributed by atoms with Crippen LogP contribution >= 0.6 is 27.7 Å². The Bertz CT molecular complexity index is 540. The summed E-state index contributed by atoms with van der Waals surface area (Å²) in [5.41, 5.74) is 1.22. The lowest BCUT2D eigenvalue weighted by molar-refractivity contribution is 0.414. The third kappa shape index (κ3) is 3.91. The van der Waals surface area contributed by atoms with Crippen LogP contribution in [0.4, 0.5) is 0 Å². The maximum Gasteiger partial charge on any atom is 0.119 e. The van der Waals surface area contributed by atoms with Crippen molar-refractivity contribution in [2.75, 3.05) is 14.2 Å². The lowest BCUT2D eigenvalue weighted by atomic mass is 10.2. The lowest BCUT2D eigenvalue weighted by Gasteiger charge is -2.07. The predicted octanol–water partition coefficient (Wildman–Crippen LogP) is 4.76. The summed E-state index contributed by atoms with van der Waals surface area (Å²) in [6.45, 7) is 0. The van der Waals surface area contributed by atoms with Gasteiger partial charge in [-0.3, -0.25) is 0 Å². The van der Waals surface area contributed by atoms with Gasteiger partial charge >= 0.3 is 0 Å². The topological polar surface area (TPSA) is 18.5 Å². The molecule has 0 saturated heterocycles. The molecular weight excluding hydrogens is 324 g/mol. The minimum absolute atomic E-state index is 0.881. The zero-order valence-electron chi connectivity index (χ0n) is 10.9. The zero-order chi connectivity index (χ0) is 13.7. The number of methoxy groups -OCH3 is 2. The third-order valence-corrected chi connectivity index (χ3v) is 4.54. The maximum absolute atomic E-state index is 5.25. The van der Waals surface area contributed by atoms with Crippen LogP contribution in [0.3, 0.4) is 0 Å². The fourth-order valence-corrected chi connectivity index (χ4v) is 3.08. The number of hydrogen-bond acceptors (Lipinski definition) is 3. The van der Waals surface area contributed by atoms with E-state index in [4.69, 9.17) is 9.47 Å². The average Bonchev–Trinajstić information content (AvgIpc) is 2.47. The summed E-state index contributed by atoms with van der Waals surface area (Å²) in [6, 6.07) is 14.1. The summed E-state index contributed by atoms with van der Waals surface area (Å²) in [5, 5.41) is 0. The molecule has 0 aliphatic heterocycles. The molecule has 0 unspecified atom stereocenters. The number of thioether (sulfide) groups is 1. The normalized spacial score (nSPS) is 10.3. The molecule has 19 heavy (non-hydrogen) atoms. The van der Waals surface area contributed by atoms with Gasteiger partial charge in [0.05, 0.1) is 14.2 Å². The van der Waals surface area contributed by atoms with Crippen molar-refractivity contribution in [3.8, 4) is 11.5 Å². The van der Waals surface area contributed by atoms with Gasteiger partial charge in [0, 0.05) is 15.1 Å². The Morgan fingerprint density at radius 2 is 1.58 bits per heavy atom. The highest BCUT2D eigenvalue weighted by Crippen LogP contribution is 2.30. The number of benzene rings is 2. The molecule has 0 N–H and O–H groups in total. The zero-order valence-corrected chi connectivity index (χ0v) is 13.3. The van der Waals surface area contributed by atoms with E-state index in [2.05, 4.69) is 34.1 Å². The van der Waals surface area contributed by atoms with E-state index in [1.807, 2.05) is 24.3 Å². The molecular formula is C15H15BrO2S. The van der Waals surface area contributed by atoms with Gasteiger partial charge < -0.3 is 9.47 Å². The van der Waals surface area contributed by atoms with Crippen molar-refractivity contribution in [1.29, 1.82) is 0 Å². The highest BCUT2D eigenvalue weighted by molar-refractivity contribution is 9.10. The molecule has 2 nitrogen and oxygen atoms in total. The molecule has 0 atom stereocenters. The van der Waals surface area contributed by atoms with Gasteiger partial charge in [-0.2, -0.15) is 0 Å². The van der Waals surface area contributed by atoms with Crippen LogP contribution < -0.4 is 9.47 Å². The van der Waals surface area contributed by atoms with Crippen molar-refractivity contribution < 1.29 is 9.47 Å². The fraction of sp³-hybridized carbons (Fsp3) is 0.200. The van der Waals surface area contributed by atoms with Crippen molar-refractivity contribution in [3.05, 3.63) is 52.5 Å². The standard InChI is InChI=1S/C15H15BrO2S/c1-17-12-3-6-14(7-4-12)19-10-11-9-13(18-2)5-8-15(11)16/h3-9H,10H2,1-2H3. The number of halogens is 1. The molecule has 2 aromatic carbocycles. The predicted molar refractivity (Wildman–Crippen MR) is 83.2 cm³/mol. The van der Waals surface area contributed by atoms with Crippen LogP contribution in [0.5, 0.6) is 11.5 Å². The molecule has 0 heterocycles. The third-order valence-electron chi connectivity index (χ3n) is 2.71. The molecule has 0 amide bonds. The van der Waals surface area contributed by atoms with Crippen LogP contribution in [-0.2, 0) is 5.75 Å². The smallest absolute Gasteiger partial charge is 0.119 e. The summed E-state index contributed by atoms with van der Waals surface area (Å²) < 4.78 is 11.5. The molecule has 0 spiro atoms. The molecule has 0 radical (unpaired) electrons. The summed E-state index contributed by atoms with van der Waals surface area (Å²) in [7, 11) is 3.36. The highest BCUT2D eigenvalue weighted by Gasteiger charge is 2.03. The maximum atomic E-state index is 5.25. The van der Waals surface area contributed by atoms with E-state index in [0.717, 1.165) is 21.7 Å². The van der Waals surface area contributed by atoms with Crippen molar-refractivity contribution >= 4 is 27.7 Å². The van der Waals surface area contributed by atoms with Crippen LogP contribution in [0.25, 0.3) is 0 Å². The van der Waals surface area contributed by atoms with Gasteiger partial charge in [-0.1, -0.05) is 15.9 Å². The largest absolute Gasteiger partial charge is 0.497 e. The van der Waals surface area contributed by atoms with Crippen LogP contribution in [-0.4, -0.2) is 14.2 Å². The number of rotatable bonds is 5. The van der Waals surface area contributed by atoms with Crippen molar-refractivity contribution in [1.82, 2.24) is 0 Å². The van der Waals surface area contributed by atoms with Crippen molar-refractivity contribution in [3.63, 3.8) is 0 Å². The summed E-state index contributed by atoms with van der Waals surface area (Å²) >= 11 is 5.35. The quantitative estimate of drug-likeness (QED) is 0.732. The molecule has 0 aromatic heterocycles. The molecule has 4 heteroatoms. The minimum atomic E-state index is 0.881. The fourth-order valence-electron chi connectivity index (χ4n) is 1.62. The van der Waals surface area contributed by atoms with E-state index in [0.29, 0.717) is 0 Å². The SMILES string of the molecule is COc1ccc(SCc2cc(OC)ccc2Br)cc1. The molecule has 0 aliphatic rings. The monoisotopic (exact) mass is 338 g/mol. The summed E-state index contributed by atoms with van der Waals surface area (Å²) in [6.07, 6.45) is 0. The molecule has 0 saturated carbocycles. The first-order valence-corrected chi connectivity index (χ1v) is 7.60. The molecule has 2 rings (SSSR count). The van der Waals surface area contributed by atoms with Gasteiger partial charge in [0.1, 0.15) is 11.5 Å². The van der Waals surface area contributed by atoms with E-state index in [9.17, 15) is 0 Å². The molecule has 0 aliphatic carbocycles. The molecule has 2 aromatic rings. The van der Waals surface area contributed by atoms with Gasteiger partial charge in [-0.05, 0) is 48.0 Å². The lowest BCUT2D eigenvalue weighted by Crippen LogP contribution is -1.88. The minimum Gasteiger partial charge on any atom is -0.497 e. The summed E-state index contributed by atoms with van der Waals surface area (Å²) in [5.74, 6) is 2.66. The van der Waals surface area contributed by atoms with Gasteiger partial charge in [-0.15, -0.1) is 11.8 Å². The van der Waals surface area contributed by atoms with Gasteiger partial charge in [0.15, 0.2) is 0 Å². The Morgan fingerprint density at radius 1 is 0.947 bits per heavy atom. The Kier molecular flexibility index (Phi) is 5.16. The van der Waals surface area contributed by atoms with E-state index < -0.39 is 0 Å². The summed E-state index contributed by atoms with van der Waals surface area (Å²) in [4.78, 5) is 1.22. The van der Waals surface area contributed by atoms with E-state index in [1.165, 1.54) is 10.5 Å². The van der Waals surface area contributed by atoms with E-state index in [1.54, 1.807) is 26.0 Å². The molecule has 0 bridgehead atoms. The van der Waals surface area contributed by atoms with E-state index >= 15 is 0 Å². The Morgan fingerprint density at radius 3 is 2.21 bits per heavy atom. The van der Waals surface area contributed by atoms with Crippen LogP contribution in [0.1, 0.15) is 5.56 Å². The van der Waals surface area contributed by atoms with E-state index in [-0.39, 0.29) is 0 Å². The number of hydrogen-bond donors (Lipinski definition) is 0. The second kappa shape index (κ2) is 6.87. The molecule has 0 fully saturated rings. The van der Waals surface area contributed by atoms with Gasteiger partial charge in [0.25, 0.3) is 0 Å². The number of ether oxygens (including phenoxy) is 2. The average molecular weight is 339 g/mol. The first-order valence-electron chi connectivity index (χ1n) is 5.82. The van der Waals surface area contributed by atoms with Crippen molar-refractivity contribution in [2.45, 2.75) is 10.6 Å².